The van der Waals surface area contributed by atoms with Crippen LogP contribution in [0.2, 0.25) is 0 Å². The van der Waals surface area contributed by atoms with Crippen LogP contribution in [0.3, 0.4) is 0 Å². The van der Waals surface area contributed by atoms with Crippen molar-refractivity contribution in [2.75, 3.05) is 17.9 Å². The van der Waals surface area contributed by atoms with E-state index in [1.807, 2.05) is 19.2 Å². The Kier molecular flexibility index (Phi) is 3.50. The van der Waals surface area contributed by atoms with E-state index in [-0.39, 0.29) is 11.3 Å². The largest absolute Gasteiger partial charge is 0.313 e. The monoisotopic (exact) mass is 294 g/mol. The highest BCUT2D eigenvalue weighted by atomic mass is 32.2. The Morgan fingerprint density at radius 3 is 2.75 bits per heavy atom. The number of benzene rings is 1. The Morgan fingerprint density at radius 2 is 2.10 bits per heavy atom. The first-order chi connectivity index (χ1) is 9.54. The highest BCUT2D eigenvalue weighted by Crippen LogP contribution is 2.38. The van der Waals surface area contributed by atoms with Crippen LogP contribution in [-0.4, -0.2) is 27.3 Å². The molecule has 0 saturated heterocycles. The SMILES string of the molecule is CNC(C)c1ccc2c(c1)CCCN2S(=O)(=O)C1CC1. The van der Waals surface area contributed by atoms with Crippen molar-refractivity contribution in [1.29, 1.82) is 0 Å². The zero-order valence-electron chi connectivity index (χ0n) is 12.1. The molecule has 0 aromatic heterocycles. The fraction of sp³-hybridized carbons (Fsp3) is 0.600. The minimum absolute atomic E-state index is 0.135. The Morgan fingerprint density at radius 1 is 1.35 bits per heavy atom. The zero-order chi connectivity index (χ0) is 14.3. The van der Waals surface area contributed by atoms with Gasteiger partial charge in [-0.25, -0.2) is 8.42 Å². The zero-order valence-corrected chi connectivity index (χ0v) is 12.9. The normalized spacial score (nSPS) is 20.6. The summed E-state index contributed by atoms with van der Waals surface area (Å²) in [5, 5.41) is 3.09. The van der Waals surface area contributed by atoms with Crippen LogP contribution in [-0.2, 0) is 16.4 Å². The molecule has 3 rings (SSSR count). The van der Waals surface area contributed by atoms with Crippen molar-refractivity contribution in [3.63, 3.8) is 0 Å². The molecule has 1 aromatic carbocycles. The van der Waals surface area contributed by atoms with Gasteiger partial charge in [0.1, 0.15) is 0 Å². The van der Waals surface area contributed by atoms with Gasteiger partial charge in [-0.2, -0.15) is 0 Å². The lowest BCUT2D eigenvalue weighted by atomic mass is 9.98. The van der Waals surface area contributed by atoms with Crippen LogP contribution >= 0.6 is 0 Å². The minimum atomic E-state index is -3.12. The van der Waals surface area contributed by atoms with Crippen LogP contribution in [0, 0.1) is 0 Å². The molecule has 1 aromatic rings. The molecule has 2 aliphatic rings. The summed E-state index contributed by atoms with van der Waals surface area (Å²) >= 11 is 0. The summed E-state index contributed by atoms with van der Waals surface area (Å²) in [5.74, 6) is 0. The van der Waals surface area contributed by atoms with Gasteiger partial charge in [-0.1, -0.05) is 12.1 Å². The first-order valence-corrected chi connectivity index (χ1v) is 8.86. The number of hydrogen-bond acceptors (Lipinski definition) is 3. The van der Waals surface area contributed by atoms with Crippen LogP contribution in [0.15, 0.2) is 18.2 Å². The van der Waals surface area contributed by atoms with Gasteiger partial charge in [-0.3, -0.25) is 4.31 Å². The van der Waals surface area contributed by atoms with E-state index in [0.717, 1.165) is 31.4 Å². The maximum atomic E-state index is 12.5. The average Bonchev–Trinajstić information content (AvgIpc) is 3.30. The third-order valence-corrected chi connectivity index (χ3v) is 6.67. The molecule has 0 spiro atoms. The van der Waals surface area contributed by atoms with Crippen molar-refractivity contribution in [2.24, 2.45) is 0 Å². The Hall–Kier alpha value is -1.07. The predicted molar refractivity (Wildman–Crippen MR) is 81.5 cm³/mol. The van der Waals surface area contributed by atoms with Gasteiger partial charge in [-0.05, 0) is 56.8 Å². The summed E-state index contributed by atoms with van der Waals surface area (Å²) < 4.78 is 26.6. The van der Waals surface area contributed by atoms with Crippen molar-refractivity contribution in [3.8, 4) is 0 Å². The first kappa shape index (κ1) is 13.9. The summed E-state index contributed by atoms with van der Waals surface area (Å²) in [5.41, 5.74) is 3.28. The van der Waals surface area contributed by atoms with Gasteiger partial charge in [0, 0.05) is 12.6 Å². The van der Waals surface area contributed by atoms with E-state index in [1.165, 1.54) is 11.1 Å². The number of sulfonamides is 1. The predicted octanol–water partition coefficient (Wildman–Crippen LogP) is 2.21. The second kappa shape index (κ2) is 5.04. The third kappa shape index (κ3) is 2.33. The van der Waals surface area contributed by atoms with Crippen molar-refractivity contribution in [3.05, 3.63) is 29.3 Å². The van der Waals surface area contributed by atoms with E-state index in [4.69, 9.17) is 0 Å². The standard InChI is InChI=1S/C15H22N2O2S/c1-11(16-2)12-5-8-15-13(10-12)4-3-9-17(15)20(18,19)14-6-7-14/h5,8,10-11,14,16H,3-4,6-7,9H2,1-2H3. The van der Waals surface area contributed by atoms with Crippen molar-refractivity contribution < 1.29 is 8.42 Å². The lowest BCUT2D eigenvalue weighted by Crippen LogP contribution is -2.37. The Labute approximate surface area is 121 Å². The molecule has 1 N–H and O–H groups in total. The van der Waals surface area contributed by atoms with E-state index >= 15 is 0 Å². The number of anilines is 1. The molecule has 1 saturated carbocycles. The van der Waals surface area contributed by atoms with Gasteiger partial charge in [-0.15, -0.1) is 0 Å². The van der Waals surface area contributed by atoms with Crippen LogP contribution in [0.1, 0.15) is 43.4 Å². The summed E-state index contributed by atoms with van der Waals surface area (Å²) in [6.45, 7) is 2.75. The van der Waals surface area contributed by atoms with Crippen LogP contribution in [0.5, 0.6) is 0 Å². The van der Waals surface area contributed by atoms with Gasteiger partial charge >= 0.3 is 0 Å². The van der Waals surface area contributed by atoms with Crippen molar-refractivity contribution in [2.45, 2.75) is 43.9 Å². The molecule has 1 aliphatic carbocycles. The molecular weight excluding hydrogens is 272 g/mol. The number of hydrogen-bond donors (Lipinski definition) is 1. The van der Waals surface area contributed by atoms with Crippen molar-refractivity contribution in [1.82, 2.24) is 5.32 Å². The molecule has 1 heterocycles. The molecule has 5 heteroatoms. The van der Waals surface area contributed by atoms with Gasteiger partial charge in [0.05, 0.1) is 10.9 Å². The maximum absolute atomic E-state index is 12.5. The molecule has 0 radical (unpaired) electrons. The van der Waals surface area contributed by atoms with E-state index in [1.54, 1.807) is 4.31 Å². The Bertz CT molecular complexity index is 608. The van der Waals surface area contributed by atoms with E-state index < -0.39 is 10.0 Å². The molecule has 110 valence electrons. The first-order valence-electron chi connectivity index (χ1n) is 7.35. The molecule has 1 atom stereocenters. The van der Waals surface area contributed by atoms with Gasteiger partial charge in [0.2, 0.25) is 10.0 Å². The lowest BCUT2D eigenvalue weighted by Gasteiger charge is -2.31. The highest BCUT2D eigenvalue weighted by molar-refractivity contribution is 7.93. The van der Waals surface area contributed by atoms with Gasteiger partial charge in [0.25, 0.3) is 0 Å². The summed E-state index contributed by atoms with van der Waals surface area (Å²) in [6, 6.07) is 6.47. The molecular formula is C15H22N2O2S. The van der Waals surface area contributed by atoms with E-state index in [0.29, 0.717) is 6.54 Å². The smallest absolute Gasteiger partial charge is 0.238 e. The number of nitrogens with zero attached hydrogens (tertiary/aromatic N) is 1. The fourth-order valence-corrected chi connectivity index (χ4v) is 4.76. The third-order valence-electron chi connectivity index (χ3n) is 4.37. The summed E-state index contributed by atoms with van der Waals surface area (Å²) in [7, 11) is -1.18. The summed E-state index contributed by atoms with van der Waals surface area (Å²) in [6.07, 6.45) is 3.53. The second-order valence-corrected chi connectivity index (χ2v) is 7.96. The lowest BCUT2D eigenvalue weighted by molar-refractivity contribution is 0.585. The number of aryl methyl sites for hydroxylation is 1. The molecule has 1 fully saturated rings. The van der Waals surface area contributed by atoms with Crippen LogP contribution in [0.4, 0.5) is 5.69 Å². The van der Waals surface area contributed by atoms with Crippen LogP contribution in [0.25, 0.3) is 0 Å². The average molecular weight is 294 g/mol. The van der Waals surface area contributed by atoms with E-state index in [9.17, 15) is 8.42 Å². The van der Waals surface area contributed by atoms with Crippen molar-refractivity contribution >= 4 is 15.7 Å². The van der Waals surface area contributed by atoms with Gasteiger partial charge in [0.15, 0.2) is 0 Å². The number of nitrogens with one attached hydrogen (secondary N) is 1. The molecule has 20 heavy (non-hydrogen) atoms. The molecule has 1 unspecified atom stereocenters. The topological polar surface area (TPSA) is 49.4 Å². The summed E-state index contributed by atoms with van der Waals surface area (Å²) in [4.78, 5) is 0. The maximum Gasteiger partial charge on any atom is 0.238 e. The number of rotatable bonds is 4. The van der Waals surface area contributed by atoms with Crippen LogP contribution < -0.4 is 9.62 Å². The molecule has 1 aliphatic heterocycles. The highest BCUT2D eigenvalue weighted by Gasteiger charge is 2.41. The van der Waals surface area contributed by atoms with Gasteiger partial charge < -0.3 is 5.32 Å². The second-order valence-electron chi connectivity index (χ2n) is 5.82. The fourth-order valence-electron chi connectivity index (χ4n) is 2.83. The molecule has 0 bridgehead atoms. The minimum Gasteiger partial charge on any atom is -0.313 e. The number of fused-ring (bicyclic) bond motifs is 1. The molecule has 4 nitrogen and oxygen atoms in total. The van der Waals surface area contributed by atoms with E-state index in [2.05, 4.69) is 18.3 Å². The Balaban J connectivity index is 1.97. The quantitative estimate of drug-likeness (QED) is 0.926. The molecule has 0 amide bonds.